The molecule has 3 fully saturated rings. The highest BCUT2D eigenvalue weighted by Gasteiger charge is 2.60. The van der Waals surface area contributed by atoms with Gasteiger partial charge in [0.2, 0.25) is 11.8 Å². The Balaban J connectivity index is 1.39. The van der Waals surface area contributed by atoms with Crippen LogP contribution in [0.4, 0.5) is 0 Å². The normalized spacial score (nSPS) is 31.7. The van der Waals surface area contributed by atoms with Gasteiger partial charge in [0, 0.05) is 29.0 Å². The standard InChI is InChI=1S/C25H37N5O6S/c1-13(9-14(2)31)19-20-15(3)22(21(25(35)36)29(20)24(19)34)37-16-10-17(27-11-16)23(33)28-5-7-30(4,8-6-28)12-18(26)32/h13,15-17,19-20,27H,5-12H2,1-4H3,(H2-,26,32,35,36)/p+1/t13-,15+,16-,17-,19+,20+/m0/s1. The number of β-lactam (4-membered cyclic amide) rings is 1. The molecule has 3 saturated heterocycles. The van der Waals surface area contributed by atoms with Crippen molar-refractivity contribution in [2.45, 2.75) is 50.9 Å². The minimum absolute atomic E-state index is 0.00310. The van der Waals surface area contributed by atoms with E-state index in [9.17, 15) is 29.1 Å². The molecule has 0 radical (unpaired) electrons. The van der Waals surface area contributed by atoms with E-state index in [1.54, 1.807) is 0 Å². The Kier molecular flexibility index (Phi) is 7.74. The molecule has 0 bridgehead atoms. The van der Waals surface area contributed by atoms with E-state index >= 15 is 0 Å². The number of quaternary nitrogens is 1. The smallest absolute Gasteiger partial charge is 0.353 e. The molecule has 0 saturated carbocycles. The highest BCUT2D eigenvalue weighted by molar-refractivity contribution is 8.03. The molecule has 0 aromatic rings. The molecule has 4 rings (SSSR count). The molecule has 3 amide bonds. The molecule has 6 atom stereocenters. The molecule has 4 aliphatic heterocycles. The van der Waals surface area contributed by atoms with Crippen LogP contribution in [-0.4, -0.2) is 113 Å². The van der Waals surface area contributed by atoms with Crippen LogP contribution in [0.15, 0.2) is 10.6 Å². The van der Waals surface area contributed by atoms with Gasteiger partial charge in [0.25, 0.3) is 5.91 Å². The number of carboxylic acid groups (broad SMARTS) is 1. The largest absolute Gasteiger partial charge is 0.477 e. The van der Waals surface area contributed by atoms with Gasteiger partial charge in [0.1, 0.15) is 11.5 Å². The molecular weight excluding hydrogens is 498 g/mol. The van der Waals surface area contributed by atoms with E-state index in [2.05, 4.69) is 5.32 Å². The first-order chi connectivity index (χ1) is 17.3. The maximum absolute atomic E-state index is 13.2. The summed E-state index contributed by atoms with van der Waals surface area (Å²) in [6.07, 6.45) is 0.866. The van der Waals surface area contributed by atoms with Crippen molar-refractivity contribution in [1.82, 2.24) is 15.1 Å². The van der Waals surface area contributed by atoms with E-state index in [4.69, 9.17) is 5.73 Å². The zero-order valence-electron chi connectivity index (χ0n) is 21.9. The Morgan fingerprint density at radius 1 is 1.24 bits per heavy atom. The van der Waals surface area contributed by atoms with E-state index in [0.29, 0.717) is 55.0 Å². The molecule has 12 heteroatoms. The molecule has 11 nitrogen and oxygen atoms in total. The molecule has 0 aliphatic carbocycles. The number of hydrogen-bond acceptors (Lipinski definition) is 7. The third-order valence-electron chi connectivity index (χ3n) is 8.36. The van der Waals surface area contributed by atoms with Gasteiger partial charge in [0.15, 0.2) is 6.54 Å². The number of carbonyl (C=O) groups is 5. The summed E-state index contributed by atoms with van der Waals surface area (Å²) in [5, 5.41) is 13.3. The second-order valence-electron chi connectivity index (χ2n) is 11.4. The van der Waals surface area contributed by atoms with E-state index in [-0.39, 0.29) is 70.8 Å². The number of hydrogen-bond donors (Lipinski definition) is 3. The van der Waals surface area contributed by atoms with E-state index in [1.807, 2.05) is 25.8 Å². The summed E-state index contributed by atoms with van der Waals surface area (Å²) in [6.45, 7) is 8.62. The van der Waals surface area contributed by atoms with Crippen LogP contribution in [0.2, 0.25) is 0 Å². The molecule has 4 heterocycles. The van der Waals surface area contributed by atoms with Gasteiger partial charge in [-0.05, 0) is 19.3 Å². The number of fused-ring (bicyclic) bond motifs is 1. The third kappa shape index (κ3) is 5.28. The SMILES string of the molecule is CC(=O)C[C@H](C)[C@H]1C(=O)N2C(C(=O)O)=C(S[C@@H]3CN[C@H](C(=O)N4CC[N+](C)(CC(N)=O)CC4)C3)[C@H](C)[C@H]12. The summed E-state index contributed by atoms with van der Waals surface area (Å²) < 4.78 is 0.530. The van der Waals surface area contributed by atoms with Crippen LogP contribution < -0.4 is 11.1 Å². The Hall–Kier alpha value is -2.44. The van der Waals surface area contributed by atoms with Gasteiger partial charge in [-0.3, -0.25) is 14.4 Å². The summed E-state index contributed by atoms with van der Waals surface area (Å²) in [6, 6.07) is -0.596. The fourth-order valence-corrected chi connectivity index (χ4v) is 7.91. The zero-order valence-corrected chi connectivity index (χ0v) is 22.8. The lowest BCUT2D eigenvalue weighted by molar-refractivity contribution is -0.905. The average molecular weight is 537 g/mol. The number of rotatable bonds is 9. The number of nitrogens with zero attached hydrogens (tertiary/aromatic N) is 3. The summed E-state index contributed by atoms with van der Waals surface area (Å²) >= 11 is 1.46. The number of likely N-dealkylation sites (N-methyl/N-ethyl adjacent to an activating group) is 1. The molecule has 0 aromatic carbocycles. The number of aliphatic carboxylic acids is 1. The van der Waals surface area contributed by atoms with Crippen LogP contribution in [0.3, 0.4) is 0 Å². The fraction of sp³-hybridized carbons (Fsp3) is 0.720. The monoisotopic (exact) mass is 536 g/mol. The lowest BCUT2D eigenvalue weighted by Gasteiger charge is -2.47. The van der Waals surface area contributed by atoms with E-state index in [0.717, 1.165) is 0 Å². The Morgan fingerprint density at radius 3 is 2.46 bits per heavy atom. The fourth-order valence-electron chi connectivity index (χ4n) is 6.43. The minimum atomic E-state index is -1.12. The van der Waals surface area contributed by atoms with Crippen LogP contribution >= 0.6 is 11.8 Å². The Morgan fingerprint density at radius 2 is 1.89 bits per heavy atom. The number of Topliss-reactive ketones (excluding diaryl/α,β-unsaturated/α-hetero) is 1. The number of carbonyl (C=O) groups excluding carboxylic acids is 4. The molecule has 0 spiro atoms. The first-order valence-corrected chi connectivity index (χ1v) is 13.8. The second-order valence-corrected chi connectivity index (χ2v) is 12.7. The first kappa shape index (κ1) is 27.6. The van der Waals surface area contributed by atoms with E-state index in [1.165, 1.54) is 23.6 Å². The number of primary amides is 1. The zero-order chi connectivity index (χ0) is 27.2. The van der Waals surface area contributed by atoms with Crippen molar-refractivity contribution in [3.8, 4) is 0 Å². The lowest BCUT2D eigenvalue weighted by Crippen LogP contribution is -2.62. The van der Waals surface area contributed by atoms with Gasteiger partial charge in [-0.15, -0.1) is 11.8 Å². The van der Waals surface area contributed by atoms with Crippen LogP contribution in [0.5, 0.6) is 0 Å². The van der Waals surface area contributed by atoms with Gasteiger partial charge < -0.3 is 35.2 Å². The Bertz CT molecular complexity index is 1040. The van der Waals surface area contributed by atoms with Gasteiger partial charge >= 0.3 is 5.97 Å². The number of piperazine rings is 1. The van der Waals surface area contributed by atoms with Gasteiger partial charge in [-0.25, -0.2) is 4.79 Å². The molecule has 0 aromatic heterocycles. The first-order valence-electron chi connectivity index (χ1n) is 12.9. The van der Waals surface area contributed by atoms with Crippen LogP contribution in [-0.2, 0) is 24.0 Å². The minimum Gasteiger partial charge on any atom is -0.477 e. The van der Waals surface area contributed by atoms with Crippen LogP contribution in [0.25, 0.3) is 0 Å². The molecular formula is C25H38N5O6S+. The molecule has 37 heavy (non-hydrogen) atoms. The van der Waals surface area contributed by atoms with E-state index < -0.39 is 5.97 Å². The van der Waals surface area contributed by atoms with Crippen molar-refractivity contribution in [3.05, 3.63) is 10.6 Å². The number of nitrogens with one attached hydrogen (secondary N) is 1. The summed E-state index contributed by atoms with van der Waals surface area (Å²) in [4.78, 5) is 65.2. The predicted molar refractivity (Wildman–Crippen MR) is 137 cm³/mol. The van der Waals surface area contributed by atoms with Gasteiger partial charge in [0.05, 0.1) is 51.2 Å². The highest BCUT2D eigenvalue weighted by Crippen LogP contribution is 2.53. The topological polar surface area (TPSA) is 150 Å². The highest BCUT2D eigenvalue weighted by atomic mass is 32.2. The van der Waals surface area contributed by atoms with Crippen molar-refractivity contribution in [2.24, 2.45) is 23.5 Å². The molecule has 0 unspecified atom stereocenters. The lowest BCUT2D eigenvalue weighted by atomic mass is 9.73. The van der Waals surface area contributed by atoms with Crippen molar-refractivity contribution in [3.63, 3.8) is 0 Å². The summed E-state index contributed by atoms with van der Waals surface area (Å²) in [7, 11) is 1.98. The number of nitrogens with two attached hydrogens (primary N) is 1. The summed E-state index contributed by atoms with van der Waals surface area (Å²) in [5.41, 5.74) is 5.42. The number of carboxylic acids is 1. The predicted octanol–water partition coefficient (Wildman–Crippen LogP) is -0.388. The van der Waals surface area contributed by atoms with Crippen LogP contribution in [0.1, 0.15) is 33.6 Å². The quantitative estimate of drug-likeness (QED) is 0.266. The molecule has 4 N–H and O–H groups in total. The van der Waals surface area contributed by atoms with Crippen molar-refractivity contribution < 1.29 is 33.6 Å². The second kappa shape index (κ2) is 10.4. The summed E-state index contributed by atoms with van der Waals surface area (Å²) in [5.74, 6) is -2.29. The van der Waals surface area contributed by atoms with Crippen molar-refractivity contribution in [2.75, 3.05) is 46.3 Å². The maximum atomic E-state index is 13.2. The maximum Gasteiger partial charge on any atom is 0.353 e. The van der Waals surface area contributed by atoms with Gasteiger partial charge in [-0.1, -0.05) is 13.8 Å². The molecule has 4 aliphatic rings. The third-order valence-corrected chi connectivity index (χ3v) is 9.88. The van der Waals surface area contributed by atoms with Gasteiger partial charge in [-0.2, -0.15) is 0 Å². The molecule has 204 valence electrons. The number of thioether (sulfide) groups is 1. The number of ketones is 1. The number of amides is 3. The Labute approximate surface area is 221 Å². The van der Waals surface area contributed by atoms with Crippen molar-refractivity contribution >= 4 is 41.2 Å². The van der Waals surface area contributed by atoms with Crippen LogP contribution in [0, 0.1) is 17.8 Å². The average Bonchev–Trinajstić information content (AvgIpc) is 3.34. The van der Waals surface area contributed by atoms with Crippen molar-refractivity contribution in [1.29, 1.82) is 0 Å².